The Bertz CT molecular complexity index is 125. The molecule has 80 valence electrons. The second-order valence-corrected chi connectivity index (χ2v) is 4.18. The van der Waals surface area contributed by atoms with Crippen molar-refractivity contribution in [3.8, 4) is 0 Å². The lowest BCUT2D eigenvalue weighted by Gasteiger charge is -2.29. The van der Waals surface area contributed by atoms with Gasteiger partial charge >= 0.3 is 8.60 Å². The summed E-state index contributed by atoms with van der Waals surface area (Å²) in [5, 5.41) is 1.74. The lowest BCUT2D eigenvalue weighted by atomic mass is 10.3. The van der Waals surface area contributed by atoms with Gasteiger partial charge in [0.15, 0.2) is 0 Å². The van der Waals surface area contributed by atoms with Crippen LogP contribution in [-0.4, -0.2) is 28.6 Å². The van der Waals surface area contributed by atoms with Crippen molar-refractivity contribution >= 4 is 8.60 Å². The van der Waals surface area contributed by atoms with E-state index < -0.39 is 8.60 Å². The first kappa shape index (κ1) is 13.3. The molecule has 0 bridgehead atoms. The normalized spacial score (nSPS) is 14.5. The first-order chi connectivity index (χ1) is 5.99. The van der Waals surface area contributed by atoms with Gasteiger partial charge in [-0.25, -0.2) is 4.62 Å². The molecule has 0 aliphatic heterocycles. The molecule has 0 aromatic heterocycles. The SMILES string of the molecule is CCOP(O)ON(C(C)C)C(C)C. The highest BCUT2D eigenvalue weighted by atomic mass is 31.2. The van der Waals surface area contributed by atoms with E-state index in [1.165, 1.54) is 0 Å². The van der Waals surface area contributed by atoms with E-state index in [1.807, 2.05) is 34.6 Å². The van der Waals surface area contributed by atoms with Gasteiger partial charge in [-0.05, 0) is 34.6 Å². The van der Waals surface area contributed by atoms with Crippen molar-refractivity contribution < 1.29 is 14.0 Å². The number of hydrogen-bond donors (Lipinski definition) is 1. The van der Waals surface area contributed by atoms with Crippen LogP contribution in [0.1, 0.15) is 34.6 Å². The third kappa shape index (κ3) is 5.55. The molecule has 1 atom stereocenters. The fourth-order valence-corrected chi connectivity index (χ4v) is 1.81. The van der Waals surface area contributed by atoms with Crippen molar-refractivity contribution in [2.45, 2.75) is 46.7 Å². The largest absolute Gasteiger partial charge is 0.348 e. The fraction of sp³-hybridized carbons (Fsp3) is 1.00. The topological polar surface area (TPSA) is 41.9 Å². The van der Waals surface area contributed by atoms with Crippen LogP contribution >= 0.6 is 8.60 Å². The van der Waals surface area contributed by atoms with E-state index >= 15 is 0 Å². The minimum absolute atomic E-state index is 0.234. The zero-order valence-corrected chi connectivity index (χ0v) is 9.91. The van der Waals surface area contributed by atoms with Gasteiger partial charge in [0.05, 0.1) is 6.61 Å². The quantitative estimate of drug-likeness (QED) is 0.538. The van der Waals surface area contributed by atoms with Gasteiger partial charge in [0.2, 0.25) is 0 Å². The molecule has 0 aliphatic carbocycles. The Hall–Kier alpha value is 0.270. The highest BCUT2D eigenvalue weighted by Gasteiger charge is 2.19. The van der Waals surface area contributed by atoms with Crippen molar-refractivity contribution in [3.63, 3.8) is 0 Å². The molecule has 0 spiro atoms. The maximum atomic E-state index is 9.30. The summed E-state index contributed by atoms with van der Waals surface area (Å²) in [6.07, 6.45) is 0. The van der Waals surface area contributed by atoms with Gasteiger partial charge < -0.3 is 9.42 Å². The van der Waals surface area contributed by atoms with Crippen LogP contribution < -0.4 is 0 Å². The molecule has 1 N–H and O–H groups in total. The molecule has 0 saturated carbocycles. The summed E-state index contributed by atoms with van der Waals surface area (Å²) in [6, 6.07) is 0.468. The monoisotopic (exact) mass is 209 g/mol. The van der Waals surface area contributed by atoms with Crippen LogP contribution in [0.5, 0.6) is 0 Å². The molecule has 5 heteroatoms. The van der Waals surface area contributed by atoms with E-state index in [4.69, 9.17) is 9.15 Å². The van der Waals surface area contributed by atoms with Gasteiger partial charge in [0.1, 0.15) is 0 Å². The average molecular weight is 209 g/mol. The summed E-state index contributed by atoms with van der Waals surface area (Å²) >= 11 is 0. The molecule has 13 heavy (non-hydrogen) atoms. The molecule has 0 aliphatic rings. The summed E-state index contributed by atoms with van der Waals surface area (Å²) in [5.41, 5.74) is 0. The van der Waals surface area contributed by atoms with E-state index in [0.717, 1.165) is 0 Å². The van der Waals surface area contributed by atoms with E-state index in [0.29, 0.717) is 6.61 Å². The first-order valence-corrected chi connectivity index (χ1v) is 5.70. The molecule has 0 fully saturated rings. The summed E-state index contributed by atoms with van der Waals surface area (Å²) in [7, 11) is -1.76. The van der Waals surface area contributed by atoms with Crippen LogP contribution in [0.3, 0.4) is 0 Å². The van der Waals surface area contributed by atoms with Gasteiger partial charge in [-0.15, -0.1) is 0 Å². The molecule has 0 heterocycles. The van der Waals surface area contributed by atoms with E-state index in [-0.39, 0.29) is 12.1 Å². The van der Waals surface area contributed by atoms with Crippen LogP contribution in [0.25, 0.3) is 0 Å². The van der Waals surface area contributed by atoms with Gasteiger partial charge in [-0.2, -0.15) is 5.06 Å². The molecular weight excluding hydrogens is 189 g/mol. The van der Waals surface area contributed by atoms with E-state index in [2.05, 4.69) is 0 Å². The third-order valence-corrected chi connectivity index (χ3v) is 2.23. The van der Waals surface area contributed by atoms with Gasteiger partial charge in [-0.1, -0.05) is 0 Å². The number of hydrogen-bond acceptors (Lipinski definition) is 4. The molecule has 0 rings (SSSR count). The Morgan fingerprint density at radius 1 is 1.23 bits per heavy atom. The summed E-state index contributed by atoms with van der Waals surface area (Å²) in [5.74, 6) is 0. The van der Waals surface area contributed by atoms with E-state index in [9.17, 15) is 4.89 Å². The van der Waals surface area contributed by atoms with E-state index in [1.54, 1.807) is 5.06 Å². The van der Waals surface area contributed by atoms with Crippen LogP contribution in [-0.2, 0) is 9.15 Å². The standard InChI is InChI=1S/C8H20NO3P/c1-6-11-13(10)12-9(7(2)3)8(4)5/h7-8,10H,6H2,1-5H3. The second-order valence-electron chi connectivity index (χ2n) is 3.28. The van der Waals surface area contributed by atoms with Crippen molar-refractivity contribution in [1.82, 2.24) is 5.06 Å². The highest BCUT2D eigenvalue weighted by molar-refractivity contribution is 7.40. The summed E-state index contributed by atoms with van der Waals surface area (Å²) in [6.45, 7) is 10.3. The molecular formula is C8H20NO3P. The predicted octanol–water partition coefficient (Wildman–Crippen LogP) is 2.29. The van der Waals surface area contributed by atoms with Crippen molar-refractivity contribution in [2.24, 2.45) is 0 Å². The Morgan fingerprint density at radius 3 is 2.00 bits per heavy atom. The Balaban J connectivity index is 3.94. The minimum Gasteiger partial charge on any atom is -0.327 e. The maximum Gasteiger partial charge on any atom is 0.348 e. The number of rotatable bonds is 6. The summed E-state index contributed by atoms with van der Waals surface area (Å²) < 4.78 is 10.2. The number of nitrogens with zero attached hydrogens (tertiary/aromatic N) is 1. The van der Waals surface area contributed by atoms with Gasteiger partial charge in [0, 0.05) is 12.1 Å². The lowest BCUT2D eigenvalue weighted by molar-refractivity contribution is -0.121. The molecule has 0 aromatic carbocycles. The minimum atomic E-state index is -1.76. The van der Waals surface area contributed by atoms with Crippen molar-refractivity contribution in [3.05, 3.63) is 0 Å². The Morgan fingerprint density at radius 2 is 1.69 bits per heavy atom. The van der Waals surface area contributed by atoms with Gasteiger partial charge in [-0.3, -0.25) is 0 Å². The number of hydroxylamine groups is 2. The van der Waals surface area contributed by atoms with Crippen LogP contribution in [0.4, 0.5) is 0 Å². The van der Waals surface area contributed by atoms with Crippen LogP contribution in [0.2, 0.25) is 0 Å². The molecule has 0 amide bonds. The smallest absolute Gasteiger partial charge is 0.327 e. The molecule has 1 unspecified atom stereocenters. The zero-order valence-electron chi connectivity index (χ0n) is 9.02. The zero-order chi connectivity index (χ0) is 10.4. The first-order valence-electron chi connectivity index (χ1n) is 4.57. The predicted molar refractivity (Wildman–Crippen MR) is 54.0 cm³/mol. The highest BCUT2D eigenvalue weighted by Crippen LogP contribution is 2.35. The average Bonchev–Trinajstić information content (AvgIpc) is 1.99. The Labute approximate surface area is 81.8 Å². The molecule has 0 saturated heterocycles. The fourth-order valence-electron chi connectivity index (χ4n) is 1.000. The van der Waals surface area contributed by atoms with Crippen molar-refractivity contribution in [1.29, 1.82) is 0 Å². The lowest BCUT2D eigenvalue weighted by Crippen LogP contribution is -2.35. The second kappa shape index (κ2) is 6.68. The van der Waals surface area contributed by atoms with Crippen LogP contribution in [0, 0.1) is 0 Å². The van der Waals surface area contributed by atoms with Crippen molar-refractivity contribution in [2.75, 3.05) is 6.61 Å². The van der Waals surface area contributed by atoms with Gasteiger partial charge in [0.25, 0.3) is 0 Å². The molecule has 0 radical (unpaired) electrons. The third-order valence-electron chi connectivity index (χ3n) is 1.42. The molecule has 0 aromatic rings. The molecule has 4 nitrogen and oxygen atoms in total. The van der Waals surface area contributed by atoms with Crippen LogP contribution in [0.15, 0.2) is 0 Å². The Kier molecular flexibility index (Phi) is 6.82. The maximum absolute atomic E-state index is 9.30. The summed E-state index contributed by atoms with van der Waals surface area (Å²) in [4.78, 5) is 9.30.